The second-order valence-electron chi connectivity index (χ2n) is 2.48. The lowest BCUT2D eigenvalue weighted by Gasteiger charge is -2.00. The summed E-state index contributed by atoms with van der Waals surface area (Å²) < 4.78 is 21.3. The molecule has 0 spiro atoms. The van der Waals surface area contributed by atoms with Gasteiger partial charge in [0.2, 0.25) is 9.05 Å². The third-order valence-corrected chi connectivity index (χ3v) is 3.06. The van der Waals surface area contributed by atoms with Crippen LogP contribution in [0.3, 0.4) is 0 Å². The molecule has 0 aromatic carbocycles. The highest BCUT2D eigenvalue weighted by molar-refractivity contribution is 8.13. The highest BCUT2D eigenvalue weighted by atomic mass is 35.7. The van der Waals surface area contributed by atoms with Crippen molar-refractivity contribution in [2.75, 3.05) is 5.75 Å². The smallest absolute Gasteiger partial charge is 0.212 e. The van der Waals surface area contributed by atoms with Gasteiger partial charge in [-0.15, -0.1) is 10.2 Å². The molecule has 1 rings (SSSR count). The van der Waals surface area contributed by atoms with Crippen molar-refractivity contribution in [1.29, 1.82) is 0 Å². The Morgan fingerprint density at radius 3 is 2.50 bits per heavy atom. The van der Waals surface area contributed by atoms with Gasteiger partial charge in [0.15, 0.2) is 10.3 Å². The normalized spacial score (nSPS) is 11.6. The molecule has 78 valence electrons. The molecule has 0 aliphatic carbocycles. The van der Waals surface area contributed by atoms with Crippen LogP contribution in [0, 0.1) is 0 Å². The Balaban J connectivity index is 2.81. The van der Waals surface area contributed by atoms with Crippen LogP contribution in [-0.4, -0.2) is 24.4 Å². The number of hydrogen-bond acceptors (Lipinski definition) is 4. The molecule has 0 bridgehead atoms. The number of rotatable bonds is 3. The van der Waals surface area contributed by atoms with Crippen LogP contribution in [0.15, 0.2) is 6.07 Å². The molecular weight excluding hydrogens is 271 g/mol. The Morgan fingerprint density at radius 2 is 1.93 bits per heavy atom. The lowest BCUT2D eigenvalue weighted by atomic mass is 10.2. The molecule has 1 heterocycles. The predicted molar refractivity (Wildman–Crippen MR) is 55.4 cm³/mol. The molecule has 4 nitrogen and oxygen atoms in total. The minimum absolute atomic E-state index is 0.134. The largest absolute Gasteiger partial charge is 0.232 e. The fraction of sp³-hybridized carbons (Fsp3) is 0.333. The van der Waals surface area contributed by atoms with Crippen molar-refractivity contribution in [3.63, 3.8) is 0 Å². The fourth-order valence-corrected chi connectivity index (χ4v) is 1.85. The van der Waals surface area contributed by atoms with Crippen molar-refractivity contribution in [3.05, 3.63) is 21.9 Å². The predicted octanol–water partition coefficient (Wildman–Crippen LogP) is 1.89. The maximum Gasteiger partial charge on any atom is 0.232 e. The molecule has 0 amide bonds. The van der Waals surface area contributed by atoms with Crippen LogP contribution in [0.4, 0.5) is 0 Å². The van der Waals surface area contributed by atoms with Crippen molar-refractivity contribution in [3.8, 4) is 0 Å². The van der Waals surface area contributed by atoms with Crippen molar-refractivity contribution in [2.24, 2.45) is 0 Å². The zero-order valence-corrected chi connectivity index (χ0v) is 9.83. The first-order valence-electron chi connectivity index (χ1n) is 3.48. The standard InChI is InChI=1S/C6H5Cl3N2O2S/c7-5-3-4(6(8)11-10-5)1-2-14(9,12)13/h3H,1-2H2. The summed E-state index contributed by atoms with van der Waals surface area (Å²) in [6.45, 7) is 0. The van der Waals surface area contributed by atoms with Gasteiger partial charge in [0.25, 0.3) is 0 Å². The SMILES string of the molecule is O=S(=O)(Cl)CCc1cc(Cl)nnc1Cl. The number of nitrogens with zero attached hydrogens (tertiary/aromatic N) is 2. The molecule has 14 heavy (non-hydrogen) atoms. The van der Waals surface area contributed by atoms with E-state index in [1.54, 1.807) is 0 Å². The van der Waals surface area contributed by atoms with Crippen molar-refractivity contribution >= 4 is 42.9 Å². The molecule has 1 aromatic heterocycles. The molecule has 0 saturated heterocycles. The van der Waals surface area contributed by atoms with Crippen LogP contribution in [0.2, 0.25) is 10.3 Å². The summed E-state index contributed by atoms with van der Waals surface area (Å²) in [5.41, 5.74) is 0.510. The van der Waals surface area contributed by atoms with Gasteiger partial charge in [0.05, 0.1) is 5.75 Å². The van der Waals surface area contributed by atoms with Crippen molar-refractivity contribution < 1.29 is 8.42 Å². The molecule has 0 N–H and O–H groups in total. The average Bonchev–Trinajstić information content (AvgIpc) is 2.05. The van der Waals surface area contributed by atoms with E-state index in [-0.39, 0.29) is 22.5 Å². The first-order valence-corrected chi connectivity index (χ1v) is 6.72. The molecule has 1 aromatic rings. The Hall–Kier alpha value is -0.100. The van der Waals surface area contributed by atoms with E-state index in [2.05, 4.69) is 10.2 Å². The Kier molecular flexibility index (Phi) is 3.94. The summed E-state index contributed by atoms with van der Waals surface area (Å²) in [4.78, 5) is 0. The third kappa shape index (κ3) is 3.96. The van der Waals surface area contributed by atoms with Crippen LogP contribution in [-0.2, 0) is 15.5 Å². The highest BCUT2D eigenvalue weighted by Crippen LogP contribution is 2.16. The molecule has 0 aliphatic heterocycles. The fourth-order valence-electron chi connectivity index (χ4n) is 0.795. The molecular formula is C6H5Cl3N2O2S. The highest BCUT2D eigenvalue weighted by Gasteiger charge is 2.09. The van der Waals surface area contributed by atoms with E-state index in [4.69, 9.17) is 33.9 Å². The van der Waals surface area contributed by atoms with Gasteiger partial charge in [-0.05, 0) is 18.1 Å². The van der Waals surface area contributed by atoms with Gasteiger partial charge in [-0.1, -0.05) is 23.2 Å². The topological polar surface area (TPSA) is 59.9 Å². The summed E-state index contributed by atoms with van der Waals surface area (Å²) in [5.74, 6) is -0.212. The lowest BCUT2D eigenvalue weighted by Crippen LogP contribution is -2.02. The van der Waals surface area contributed by atoms with Gasteiger partial charge in [-0.25, -0.2) is 8.42 Å². The van der Waals surface area contributed by atoms with Crippen LogP contribution < -0.4 is 0 Å². The average molecular weight is 276 g/mol. The molecule has 0 saturated carbocycles. The third-order valence-electron chi connectivity index (χ3n) is 1.41. The molecule has 0 radical (unpaired) electrons. The van der Waals surface area contributed by atoms with Gasteiger partial charge in [-0.3, -0.25) is 0 Å². The maximum atomic E-state index is 10.7. The quantitative estimate of drug-likeness (QED) is 0.791. The summed E-state index contributed by atoms with van der Waals surface area (Å²) in [6.07, 6.45) is 0.167. The molecule has 0 unspecified atom stereocenters. The Labute approximate surface area is 95.6 Å². The van der Waals surface area contributed by atoms with E-state index >= 15 is 0 Å². The zero-order chi connectivity index (χ0) is 10.8. The van der Waals surface area contributed by atoms with Crippen LogP contribution in [0.5, 0.6) is 0 Å². The van der Waals surface area contributed by atoms with Gasteiger partial charge in [0, 0.05) is 10.7 Å². The minimum atomic E-state index is -3.53. The summed E-state index contributed by atoms with van der Waals surface area (Å²) in [7, 11) is 1.51. The number of hydrogen-bond donors (Lipinski definition) is 0. The van der Waals surface area contributed by atoms with E-state index in [0.29, 0.717) is 5.56 Å². The summed E-state index contributed by atoms with van der Waals surface area (Å²) in [6, 6.07) is 1.46. The van der Waals surface area contributed by atoms with Crippen molar-refractivity contribution in [2.45, 2.75) is 6.42 Å². The van der Waals surface area contributed by atoms with Gasteiger partial charge in [0.1, 0.15) is 0 Å². The Morgan fingerprint density at radius 1 is 1.29 bits per heavy atom. The molecule has 0 fully saturated rings. The van der Waals surface area contributed by atoms with Gasteiger partial charge in [-0.2, -0.15) is 0 Å². The minimum Gasteiger partial charge on any atom is -0.212 e. The first-order chi connectivity index (χ1) is 6.38. The van der Waals surface area contributed by atoms with Gasteiger partial charge < -0.3 is 0 Å². The van der Waals surface area contributed by atoms with E-state index in [1.165, 1.54) is 6.07 Å². The van der Waals surface area contributed by atoms with Gasteiger partial charge >= 0.3 is 0 Å². The maximum absolute atomic E-state index is 10.7. The lowest BCUT2D eigenvalue weighted by molar-refractivity contribution is 0.609. The Bertz CT molecular complexity index is 435. The second kappa shape index (κ2) is 4.61. The number of aromatic nitrogens is 2. The number of aryl methyl sites for hydroxylation is 1. The van der Waals surface area contributed by atoms with E-state index in [0.717, 1.165) is 0 Å². The van der Waals surface area contributed by atoms with E-state index in [1.807, 2.05) is 0 Å². The zero-order valence-electron chi connectivity index (χ0n) is 6.74. The first kappa shape index (κ1) is 12.0. The summed E-state index contributed by atoms with van der Waals surface area (Å²) >= 11 is 11.2. The number of halogens is 3. The second-order valence-corrected chi connectivity index (χ2v) is 6.12. The molecule has 8 heteroatoms. The molecule has 0 aliphatic rings. The van der Waals surface area contributed by atoms with Crippen LogP contribution >= 0.6 is 33.9 Å². The van der Waals surface area contributed by atoms with Crippen LogP contribution in [0.1, 0.15) is 5.56 Å². The van der Waals surface area contributed by atoms with Crippen molar-refractivity contribution in [1.82, 2.24) is 10.2 Å². The molecule has 0 atom stereocenters. The summed E-state index contributed by atoms with van der Waals surface area (Å²) in [5, 5.41) is 7.31. The van der Waals surface area contributed by atoms with Crippen LogP contribution in [0.25, 0.3) is 0 Å². The van der Waals surface area contributed by atoms with E-state index in [9.17, 15) is 8.42 Å². The monoisotopic (exact) mass is 274 g/mol. The van der Waals surface area contributed by atoms with E-state index < -0.39 is 9.05 Å².